The van der Waals surface area contributed by atoms with E-state index >= 15 is 0 Å². The van der Waals surface area contributed by atoms with Crippen molar-refractivity contribution < 1.29 is 4.79 Å². The summed E-state index contributed by atoms with van der Waals surface area (Å²) in [6.45, 7) is 4.91. The number of carbonyl (C=O) groups is 1. The Labute approximate surface area is 134 Å². The fourth-order valence-corrected chi connectivity index (χ4v) is 7.29. The number of carbonyl (C=O) groups excluding carboxylic acids is 1. The van der Waals surface area contributed by atoms with Crippen molar-refractivity contribution >= 4 is 5.91 Å². The van der Waals surface area contributed by atoms with Crippen molar-refractivity contribution in [2.75, 3.05) is 0 Å². The maximum atomic E-state index is 11.9. The van der Waals surface area contributed by atoms with Crippen LogP contribution in [0.25, 0.3) is 0 Å². The lowest BCUT2D eigenvalue weighted by molar-refractivity contribution is -0.130. The lowest BCUT2D eigenvalue weighted by Crippen LogP contribution is -2.52. The van der Waals surface area contributed by atoms with Gasteiger partial charge in [0, 0.05) is 5.92 Å². The molecule has 0 bridgehead atoms. The zero-order valence-electron chi connectivity index (χ0n) is 14.2. The van der Waals surface area contributed by atoms with Gasteiger partial charge in [0.2, 0.25) is 5.91 Å². The molecule has 2 nitrogen and oxygen atoms in total. The Kier molecular flexibility index (Phi) is 3.26. The first kappa shape index (κ1) is 14.8. The highest BCUT2D eigenvalue weighted by atomic mass is 16.1. The van der Waals surface area contributed by atoms with E-state index in [1.807, 2.05) is 0 Å². The number of allylic oxidation sites excluding steroid dienone is 2. The molecule has 0 radical (unpaired) electrons. The van der Waals surface area contributed by atoms with Crippen molar-refractivity contribution in [1.29, 1.82) is 0 Å². The molecule has 0 aromatic carbocycles. The molecule has 0 aromatic rings. The third-order valence-corrected chi connectivity index (χ3v) is 8.47. The molecular formula is C20H31NO. The maximum absolute atomic E-state index is 11.9. The standard InChI is InChI=1S/C20H31NO/c1-19-11-4-3-5-13(19)6-7-14-15-8-9-17(18(21)22)20(15,2)12-10-16(14)19/h4,11,13-17H,3,5-10,12H2,1-2H3,(H2,21,22)/t13-,14+,15+,16+,17-,19+,20+/m1/s1. The first-order valence-corrected chi connectivity index (χ1v) is 9.44. The van der Waals surface area contributed by atoms with Gasteiger partial charge in [-0.25, -0.2) is 0 Å². The lowest BCUT2D eigenvalue weighted by atomic mass is 9.46. The van der Waals surface area contributed by atoms with Crippen molar-refractivity contribution in [3.63, 3.8) is 0 Å². The Morgan fingerprint density at radius 3 is 2.64 bits per heavy atom. The minimum Gasteiger partial charge on any atom is -0.369 e. The molecule has 22 heavy (non-hydrogen) atoms. The van der Waals surface area contributed by atoms with Crippen molar-refractivity contribution in [3.8, 4) is 0 Å². The number of primary amides is 1. The molecule has 2 heteroatoms. The minimum atomic E-state index is -0.0408. The summed E-state index contributed by atoms with van der Waals surface area (Å²) in [5, 5.41) is 0. The van der Waals surface area contributed by atoms with Crippen molar-refractivity contribution in [2.45, 2.75) is 65.2 Å². The third kappa shape index (κ3) is 1.82. The summed E-state index contributed by atoms with van der Waals surface area (Å²) in [7, 11) is 0. The van der Waals surface area contributed by atoms with E-state index in [1.54, 1.807) is 0 Å². The summed E-state index contributed by atoms with van der Waals surface area (Å²) in [6.07, 6.45) is 15.3. The fraction of sp³-hybridized carbons (Fsp3) is 0.850. The van der Waals surface area contributed by atoms with Gasteiger partial charge >= 0.3 is 0 Å². The van der Waals surface area contributed by atoms with Crippen molar-refractivity contribution in [2.24, 2.45) is 46.2 Å². The zero-order chi connectivity index (χ0) is 15.5. The van der Waals surface area contributed by atoms with Crippen molar-refractivity contribution in [3.05, 3.63) is 12.2 Å². The van der Waals surface area contributed by atoms with Crippen LogP contribution in [0.2, 0.25) is 0 Å². The summed E-state index contributed by atoms with van der Waals surface area (Å²) in [5.41, 5.74) is 6.35. The minimum absolute atomic E-state index is 0.0408. The van der Waals surface area contributed by atoms with Gasteiger partial charge in [-0.3, -0.25) is 4.79 Å². The molecule has 4 aliphatic carbocycles. The van der Waals surface area contributed by atoms with Crippen LogP contribution in [0, 0.1) is 40.4 Å². The Morgan fingerprint density at radius 1 is 1.05 bits per heavy atom. The molecule has 4 aliphatic rings. The molecular weight excluding hydrogens is 270 g/mol. The van der Waals surface area contributed by atoms with Gasteiger partial charge in [-0.05, 0) is 85.9 Å². The van der Waals surface area contributed by atoms with Gasteiger partial charge in [0.15, 0.2) is 0 Å². The summed E-state index contributed by atoms with van der Waals surface area (Å²) in [4.78, 5) is 11.9. The molecule has 0 spiro atoms. The van der Waals surface area contributed by atoms with Gasteiger partial charge in [0.1, 0.15) is 0 Å². The SMILES string of the molecule is C[C@]12C=CCC[C@@H]1CC[C@@H]1[C@@H]2CC[C@]2(C)[C@@H](C(N)=O)CC[C@@H]12. The average Bonchev–Trinajstić information content (AvgIpc) is 2.84. The van der Waals surface area contributed by atoms with Gasteiger partial charge in [0.25, 0.3) is 0 Å². The Balaban J connectivity index is 1.66. The summed E-state index contributed by atoms with van der Waals surface area (Å²) in [6, 6.07) is 0. The van der Waals surface area contributed by atoms with Crippen LogP contribution in [-0.4, -0.2) is 5.91 Å². The predicted octanol–water partition coefficient (Wildman–Crippen LogP) is 4.30. The van der Waals surface area contributed by atoms with Crippen LogP contribution in [0.4, 0.5) is 0 Å². The Morgan fingerprint density at radius 2 is 1.86 bits per heavy atom. The summed E-state index contributed by atoms with van der Waals surface area (Å²) >= 11 is 0. The van der Waals surface area contributed by atoms with Crippen LogP contribution < -0.4 is 5.73 Å². The fourth-order valence-electron chi connectivity index (χ4n) is 7.29. The second kappa shape index (κ2) is 4.85. The molecule has 4 rings (SSSR count). The van der Waals surface area contributed by atoms with Gasteiger partial charge < -0.3 is 5.73 Å². The quantitative estimate of drug-likeness (QED) is 0.721. The topological polar surface area (TPSA) is 43.1 Å². The maximum Gasteiger partial charge on any atom is 0.221 e. The van der Waals surface area contributed by atoms with E-state index in [4.69, 9.17) is 5.73 Å². The summed E-state index contributed by atoms with van der Waals surface area (Å²) in [5.74, 6) is 3.39. The molecule has 0 saturated heterocycles. The number of rotatable bonds is 1. The molecule has 0 aliphatic heterocycles. The van der Waals surface area contributed by atoms with E-state index in [0.717, 1.165) is 30.1 Å². The zero-order valence-corrected chi connectivity index (χ0v) is 14.2. The van der Waals surface area contributed by atoms with E-state index in [-0.39, 0.29) is 17.2 Å². The molecule has 0 heterocycles. The van der Waals surface area contributed by atoms with Gasteiger partial charge in [-0.2, -0.15) is 0 Å². The average molecular weight is 301 g/mol. The second-order valence-electron chi connectivity index (χ2n) is 9.07. The number of nitrogens with two attached hydrogens (primary N) is 1. The first-order chi connectivity index (χ1) is 10.5. The third-order valence-electron chi connectivity index (χ3n) is 8.47. The van der Waals surface area contributed by atoms with Gasteiger partial charge in [0.05, 0.1) is 0 Å². The predicted molar refractivity (Wildman–Crippen MR) is 88.9 cm³/mol. The Hall–Kier alpha value is -0.790. The van der Waals surface area contributed by atoms with E-state index in [1.165, 1.54) is 44.9 Å². The molecule has 3 saturated carbocycles. The largest absolute Gasteiger partial charge is 0.369 e. The highest BCUT2D eigenvalue weighted by Gasteiger charge is 2.60. The van der Waals surface area contributed by atoms with E-state index in [9.17, 15) is 4.79 Å². The number of fused-ring (bicyclic) bond motifs is 5. The molecule has 0 unspecified atom stereocenters. The second-order valence-corrected chi connectivity index (χ2v) is 9.07. The number of amides is 1. The smallest absolute Gasteiger partial charge is 0.221 e. The number of hydrogen-bond acceptors (Lipinski definition) is 1. The molecule has 1 amide bonds. The van der Waals surface area contributed by atoms with Crippen LogP contribution >= 0.6 is 0 Å². The van der Waals surface area contributed by atoms with Crippen molar-refractivity contribution in [1.82, 2.24) is 0 Å². The van der Waals surface area contributed by atoms with Gasteiger partial charge in [-0.15, -0.1) is 0 Å². The van der Waals surface area contributed by atoms with E-state index in [2.05, 4.69) is 26.0 Å². The highest BCUT2D eigenvalue weighted by Crippen LogP contribution is 2.66. The number of hydrogen-bond donors (Lipinski definition) is 1. The van der Waals surface area contributed by atoms with Crippen LogP contribution in [0.5, 0.6) is 0 Å². The molecule has 3 fully saturated rings. The molecule has 2 N–H and O–H groups in total. The highest BCUT2D eigenvalue weighted by molar-refractivity contribution is 5.78. The molecule has 7 atom stereocenters. The van der Waals surface area contributed by atoms with E-state index < -0.39 is 0 Å². The molecule has 0 aromatic heterocycles. The first-order valence-electron chi connectivity index (χ1n) is 9.44. The van der Waals surface area contributed by atoms with Crippen LogP contribution in [0.1, 0.15) is 65.2 Å². The van der Waals surface area contributed by atoms with Gasteiger partial charge in [-0.1, -0.05) is 26.0 Å². The lowest BCUT2D eigenvalue weighted by Gasteiger charge is -2.59. The Bertz CT molecular complexity index is 512. The van der Waals surface area contributed by atoms with E-state index in [0.29, 0.717) is 5.41 Å². The normalized spacial score (nSPS) is 53.5. The summed E-state index contributed by atoms with van der Waals surface area (Å²) < 4.78 is 0. The van der Waals surface area contributed by atoms with Crippen LogP contribution in [0.3, 0.4) is 0 Å². The monoisotopic (exact) mass is 301 g/mol. The molecule has 122 valence electrons. The van der Waals surface area contributed by atoms with Crippen LogP contribution in [0.15, 0.2) is 12.2 Å². The van der Waals surface area contributed by atoms with Crippen LogP contribution in [-0.2, 0) is 4.79 Å².